The highest BCUT2D eigenvalue weighted by Gasteiger charge is 2.22. The van der Waals surface area contributed by atoms with Crippen LogP contribution in [0.2, 0.25) is 5.02 Å². The van der Waals surface area contributed by atoms with E-state index in [-0.39, 0.29) is 33.0 Å². The molecular formula is C22H21ClN4O5S. The van der Waals surface area contributed by atoms with E-state index in [0.717, 1.165) is 0 Å². The minimum Gasteiger partial charge on any atom is -0.491 e. The molecule has 0 atom stereocenters. The van der Waals surface area contributed by atoms with E-state index in [0.29, 0.717) is 11.4 Å². The van der Waals surface area contributed by atoms with Crippen molar-refractivity contribution in [2.75, 3.05) is 10.0 Å². The number of hydrogen-bond donors (Lipinski definition) is 3. The van der Waals surface area contributed by atoms with Crippen molar-refractivity contribution in [1.29, 1.82) is 0 Å². The van der Waals surface area contributed by atoms with Gasteiger partial charge in [-0.25, -0.2) is 18.2 Å². The zero-order valence-electron chi connectivity index (χ0n) is 17.7. The Kier molecular flexibility index (Phi) is 7.19. The van der Waals surface area contributed by atoms with Crippen LogP contribution in [0.3, 0.4) is 0 Å². The van der Waals surface area contributed by atoms with Crippen LogP contribution in [-0.4, -0.2) is 31.3 Å². The van der Waals surface area contributed by atoms with Gasteiger partial charge in [0.05, 0.1) is 21.7 Å². The zero-order valence-corrected chi connectivity index (χ0v) is 19.3. The number of hydrogen-bond acceptors (Lipinski definition) is 6. The maximum atomic E-state index is 13.1. The maximum absolute atomic E-state index is 13.1. The molecule has 2 amide bonds. The van der Waals surface area contributed by atoms with Gasteiger partial charge >= 0.3 is 6.03 Å². The Bertz CT molecular complexity index is 1290. The minimum atomic E-state index is -4.07. The topological polar surface area (TPSA) is 140 Å². The molecule has 0 bridgehead atoms. The van der Waals surface area contributed by atoms with Gasteiger partial charge in [-0.1, -0.05) is 23.7 Å². The van der Waals surface area contributed by atoms with Gasteiger partial charge in [0.1, 0.15) is 11.4 Å². The molecule has 0 aliphatic heterocycles. The summed E-state index contributed by atoms with van der Waals surface area (Å²) in [5, 5.41) is 2.51. The fraction of sp³-hybridized carbons (Fsp3) is 0.136. The van der Waals surface area contributed by atoms with Gasteiger partial charge in [-0.15, -0.1) is 0 Å². The normalized spacial score (nSPS) is 11.2. The van der Waals surface area contributed by atoms with E-state index >= 15 is 0 Å². The van der Waals surface area contributed by atoms with Gasteiger partial charge in [0, 0.05) is 17.4 Å². The zero-order chi connectivity index (χ0) is 24.2. The highest BCUT2D eigenvalue weighted by Crippen LogP contribution is 2.26. The summed E-state index contributed by atoms with van der Waals surface area (Å²) in [5.41, 5.74) is 5.31. The number of nitrogens with zero attached hydrogens (tertiary/aromatic N) is 1. The fourth-order valence-electron chi connectivity index (χ4n) is 2.89. The molecule has 0 spiro atoms. The molecule has 3 rings (SSSR count). The Hall–Kier alpha value is -3.63. The SMILES string of the molecule is CC(C)Oc1ccc(S(=O)(=O)Nc2cc(Cl)cnc2C(=O)c2cccc(NC(N)=O)c2)cc1. The summed E-state index contributed by atoms with van der Waals surface area (Å²) in [6, 6.07) is 12.3. The molecule has 33 heavy (non-hydrogen) atoms. The van der Waals surface area contributed by atoms with Crippen LogP contribution in [0.4, 0.5) is 16.2 Å². The third-order valence-electron chi connectivity index (χ3n) is 4.21. The Labute approximate surface area is 196 Å². The molecule has 0 saturated carbocycles. The largest absolute Gasteiger partial charge is 0.491 e. The van der Waals surface area contributed by atoms with Crippen molar-refractivity contribution in [3.63, 3.8) is 0 Å². The number of nitrogens with one attached hydrogen (secondary N) is 2. The number of rotatable bonds is 8. The van der Waals surface area contributed by atoms with Crippen LogP contribution < -0.4 is 20.5 Å². The predicted octanol–water partition coefficient (Wildman–Crippen LogP) is 4.04. The number of amides is 2. The van der Waals surface area contributed by atoms with Crippen LogP contribution >= 0.6 is 11.6 Å². The third-order valence-corrected chi connectivity index (χ3v) is 5.80. The van der Waals surface area contributed by atoms with Gasteiger partial charge < -0.3 is 15.8 Å². The van der Waals surface area contributed by atoms with E-state index < -0.39 is 21.8 Å². The van der Waals surface area contributed by atoms with E-state index in [1.807, 2.05) is 13.8 Å². The number of benzene rings is 2. The molecule has 0 saturated heterocycles. The van der Waals surface area contributed by atoms with Crippen molar-refractivity contribution >= 4 is 44.8 Å². The summed E-state index contributed by atoms with van der Waals surface area (Å²) in [6.07, 6.45) is 1.17. The monoisotopic (exact) mass is 488 g/mol. The number of nitrogens with two attached hydrogens (primary N) is 1. The number of halogens is 1. The van der Waals surface area contributed by atoms with Gasteiger partial charge in [-0.3, -0.25) is 9.52 Å². The number of carbonyl (C=O) groups is 2. The lowest BCUT2D eigenvalue weighted by atomic mass is 10.1. The van der Waals surface area contributed by atoms with Crippen molar-refractivity contribution in [2.45, 2.75) is 24.8 Å². The number of anilines is 2. The van der Waals surface area contributed by atoms with Crippen molar-refractivity contribution in [3.05, 3.63) is 77.1 Å². The fourth-order valence-corrected chi connectivity index (χ4v) is 4.10. The van der Waals surface area contributed by atoms with Crippen LogP contribution in [0, 0.1) is 0 Å². The summed E-state index contributed by atoms with van der Waals surface area (Å²) in [7, 11) is -4.07. The number of ether oxygens (including phenoxy) is 1. The summed E-state index contributed by atoms with van der Waals surface area (Å²) in [4.78, 5) is 28.2. The van der Waals surface area contributed by atoms with Crippen LogP contribution in [0.25, 0.3) is 0 Å². The first kappa shape index (κ1) is 24.0. The highest BCUT2D eigenvalue weighted by atomic mass is 35.5. The van der Waals surface area contributed by atoms with Crippen LogP contribution in [0.15, 0.2) is 65.7 Å². The molecule has 172 valence electrons. The average molecular weight is 489 g/mol. The molecular weight excluding hydrogens is 468 g/mol. The lowest BCUT2D eigenvalue weighted by Crippen LogP contribution is -2.19. The molecule has 11 heteroatoms. The van der Waals surface area contributed by atoms with Gasteiger partial charge in [0.25, 0.3) is 10.0 Å². The number of primary amides is 1. The molecule has 1 aromatic heterocycles. The number of ketones is 1. The van der Waals surface area contributed by atoms with E-state index in [2.05, 4.69) is 15.0 Å². The minimum absolute atomic E-state index is 0.0374. The Morgan fingerprint density at radius 1 is 1.09 bits per heavy atom. The quantitative estimate of drug-likeness (QED) is 0.408. The predicted molar refractivity (Wildman–Crippen MR) is 125 cm³/mol. The molecule has 3 aromatic rings. The molecule has 4 N–H and O–H groups in total. The lowest BCUT2D eigenvalue weighted by Gasteiger charge is -2.13. The molecule has 0 aliphatic carbocycles. The number of urea groups is 1. The average Bonchev–Trinajstić information content (AvgIpc) is 2.73. The lowest BCUT2D eigenvalue weighted by molar-refractivity contribution is 0.103. The molecule has 0 aliphatic rings. The van der Waals surface area contributed by atoms with Gasteiger partial charge in [0.15, 0.2) is 0 Å². The van der Waals surface area contributed by atoms with Crippen molar-refractivity contribution in [2.24, 2.45) is 5.73 Å². The molecule has 0 radical (unpaired) electrons. The third kappa shape index (κ3) is 6.21. The van der Waals surface area contributed by atoms with Gasteiger partial charge in [-0.05, 0) is 56.3 Å². The first-order valence-electron chi connectivity index (χ1n) is 9.71. The molecule has 0 fully saturated rings. The molecule has 0 unspecified atom stereocenters. The van der Waals surface area contributed by atoms with Crippen LogP contribution in [0.5, 0.6) is 5.75 Å². The molecule has 2 aromatic carbocycles. The first-order chi connectivity index (χ1) is 15.5. The first-order valence-corrected chi connectivity index (χ1v) is 11.6. The second-order valence-corrected chi connectivity index (χ2v) is 9.31. The summed E-state index contributed by atoms with van der Waals surface area (Å²) in [6.45, 7) is 3.72. The van der Waals surface area contributed by atoms with Crippen LogP contribution in [-0.2, 0) is 10.0 Å². The van der Waals surface area contributed by atoms with E-state index in [9.17, 15) is 18.0 Å². The molecule has 1 heterocycles. The van der Waals surface area contributed by atoms with E-state index in [1.165, 1.54) is 48.7 Å². The standard InChI is InChI=1S/C22H21ClN4O5S/c1-13(2)32-17-6-8-18(9-7-17)33(30,31)27-19-11-15(23)12-25-20(19)21(28)14-4-3-5-16(10-14)26-22(24)29/h3-13,27H,1-2H3,(H3,24,26,29). The second-order valence-electron chi connectivity index (χ2n) is 7.19. The van der Waals surface area contributed by atoms with Crippen molar-refractivity contribution in [1.82, 2.24) is 4.98 Å². The van der Waals surface area contributed by atoms with Crippen LogP contribution in [0.1, 0.15) is 29.9 Å². The Balaban J connectivity index is 1.93. The van der Waals surface area contributed by atoms with Gasteiger partial charge in [-0.2, -0.15) is 0 Å². The number of aromatic nitrogens is 1. The van der Waals surface area contributed by atoms with Crippen molar-refractivity contribution < 1.29 is 22.7 Å². The second kappa shape index (κ2) is 9.88. The Morgan fingerprint density at radius 2 is 1.79 bits per heavy atom. The summed E-state index contributed by atoms with van der Waals surface area (Å²) in [5.74, 6) is -0.0631. The number of carbonyl (C=O) groups excluding carboxylic acids is 2. The van der Waals surface area contributed by atoms with E-state index in [4.69, 9.17) is 22.1 Å². The maximum Gasteiger partial charge on any atom is 0.316 e. The summed E-state index contributed by atoms with van der Waals surface area (Å²) < 4.78 is 33.8. The van der Waals surface area contributed by atoms with E-state index in [1.54, 1.807) is 12.1 Å². The summed E-state index contributed by atoms with van der Waals surface area (Å²) >= 11 is 6.01. The van der Waals surface area contributed by atoms with Crippen molar-refractivity contribution in [3.8, 4) is 5.75 Å². The smallest absolute Gasteiger partial charge is 0.316 e. The highest BCUT2D eigenvalue weighted by molar-refractivity contribution is 7.92. The Morgan fingerprint density at radius 3 is 2.42 bits per heavy atom. The van der Waals surface area contributed by atoms with Gasteiger partial charge in [0.2, 0.25) is 5.78 Å². The number of pyridine rings is 1. The number of sulfonamides is 1. The molecule has 9 nitrogen and oxygen atoms in total.